The van der Waals surface area contributed by atoms with Gasteiger partial charge in [-0.1, -0.05) is 6.07 Å². The molecule has 1 unspecified atom stereocenters. The fourth-order valence-corrected chi connectivity index (χ4v) is 1.90. The van der Waals surface area contributed by atoms with Crippen LogP contribution in [0.1, 0.15) is 11.1 Å². The molecule has 1 fully saturated rings. The lowest BCUT2D eigenvalue weighted by atomic mass is 10.1. The summed E-state index contributed by atoms with van der Waals surface area (Å²) in [5.41, 5.74) is 8.90. The minimum atomic E-state index is -0.280. The number of carbonyl (C=O) groups is 1. The first-order chi connectivity index (χ1) is 8.11. The second-order valence-corrected chi connectivity index (χ2v) is 4.56. The van der Waals surface area contributed by atoms with Crippen LogP contribution in [0.15, 0.2) is 18.2 Å². The minimum absolute atomic E-state index is 0.217. The number of anilines is 1. The van der Waals surface area contributed by atoms with Crippen molar-refractivity contribution in [2.75, 3.05) is 24.6 Å². The fraction of sp³-hybridized carbons (Fsp3) is 0.462. The molecule has 1 aliphatic rings. The molecule has 0 saturated carbocycles. The van der Waals surface area contributed by atoms with Gasteiger partial charge in [-0.2, -0.15) is 0 Å². The van der Waals surface area contributed by atoms with Gasteiger partial charge in [-0.25, -0.2) is 4.79 Å². The molecule has 1 aromatic rings. The third-order valence-corrected chi connectivity index (χ3v) is 3.24. The van der Waals surface area contributed by atoms with E-state index in [1.165, 1.54) is 11.1 Å². The number of benzene rings is 1. The van der Waals surface area contributed by atoms with Crippen LogP contribution in [0.4, 0.5) is 10.5 Å². The van der Waals surface area contributed by atoms with E-state index in [1.54, 1.807) is 4.90 Å². The molecule has 17 heavy (non-hydrogen) atoms. The highest BCUT2D eigenvalue weighted by Gasteiger charge is 2.27. The van der Waals surface area contributed by atoms with Crippen LogP contribution in [0, 0.1) is 19.8 Å². The van der Waals surface area contributed by atoms with Crippen LogP contribution in [0.25, 0.3) is 0 Å². The number of hydrogen-bond acceptors (Lipinski definition) is 3. The molecule has 2 rings (SSSR count). The number of carbonyl (C=O) groups excluding carboxylic acids is 1. The Kier molecular flexibility index (Phi) is 3.33. The molecule has 1 saturated heterocycles. The maximum atomic E-state index is 11.7. The maximum absolute atomic E-state index is 11.7. The van der Waals surface area contributed by atoms with Crippen LogP contribution in [0.3, 0.4) is 0 Å². The lowest BCUT2D eigenvalue weighted by molar-refractivity contribution is 0.117. The van der Waals surface area contributed by atoms with Gasteiger partial charge in [0.2, 0.25) is 0 Å². The number of hydrogen-bond donors (Lipinski definition) is 1. The molecule has 1 heterocycles. The summed E-state index contributed by atoms with van der Waals surface area (Å²) in [5, 5.41) is 0. The van der Waals surface area contributed by atoms with Crippen molar-refractivity contribution in [1.82, 2.24) is 0 Å². The second-order valence-electron chi connectivity index (χ2n) is 4.56. The maximum Gasteiger partial charge on any atom is 0.414 e. The van der Waals surface area contributed by atoms with Crippen molar-refractivity contribution in [3.8, 4) is 0 Å². The first-order valence-electron chi connectivity index (χ1n) is 5.83. The summed E-state index contributed by atoms with van der Waals surface area (Å²) in [6.45, 7) is 5.69. The van der Waals surface area contributed by atoms with Gasteiger partial charge in [0.1, 0.15) is 0 Å². The van der Waals surface area contributed by atoms with E-state index in [0.717, 1.165) is 5.69 Å². The van der Waals surface area contributed by atoms with E-state index < -0.39 is 0 Å². The van der Waals surface area contributed by atoms with Crippen molar-refractivity contribution in [3.05, 3.63) is 29.3 Å². The van der Waals surface area contributed by atoms with Crippen molar-refractivity contribution < 1.29 is 9.53 Å². The number of rotatable bonds is 2. The van der Waals surface area contributed by atoms with Gasteiger partial charge in [-0.3, -0.25) is 4.90 Å². The smallest absolute Gasteiger partial charge is 0.414 e. The summed E-state index contributed by atoms with van der Waals surface area (Å²) in [4.78, 5) is 13.4. The molecule has 2 N–H and O–H groups in total. The average Bonchev–Trinajstić information content (AvgIpc) is 2.33. The van der Waals surface area contributed by atoms with Gasteiger partial charge in [-0.05, 0) is 37.1 Å². The molecular formula is C13H18N2O2. The molecule has 1 amide bonds. The summed E-state index contributed by atoms with van der Waals surface area (Å²) in [7, 11) is 0. The Morgan fingerprint density at radius 2 is 2.18 bits per heavy atom. The lowest BCUT2D eigenvalue weighted by Crippen LogP contribution is -2.45. The molecule has 0 aliphatic carbocycles. The van der Waals surface area contributed by atoms with Gasteiger partial charge in [0.05, 0.1) is 6.61 Å². The van der Waals surface area contributed by atoms with Crippen molar-refractivity contribution in [2.24, 2.45) is 11.7 Å². The van der Waals surface area contributed by atoms with Gasteiger partial charge < -0.3 is 10.5 Å². The number of nitrogens with two attached hydrogens (primary N) is 1. The normalized spacial score (nSPS) is 20.3. The molecule has 0 radical (unpaired) electrons. The molecular weight excluding hydrogens is 216 g/mol. The van der Waals surface area contributed by atoms with Gasteiger partial charge in [0.15, 0.2) is 0 Å². The van der Waals surface area contributed by atoms with Crippen molar-refractivity contribution in [2.45, 2.75) is 13.8 Å². The van der Waals surface area contributed by atoms with Crippen LogP contribution < -0.4 is 10.6 Å². The predicted octanol–water partition coefficient (Wildman–Crippen LogP) is 1.83. The molecule has 0 bridgehead atoms. The van der Waals surface area contributed by atoms with Gasteiger partial charge in [0.25, 0.3) is 0 Å². The van der Waals surface area contributed by atoms with Crippen molar-refractivity contribution >= 4 is 11.8 Å². The Bertz CT molecular complexity index is 431. The molecule has 92 valence electrons. The number of amides is 1. The molecule has 4 nitrogen and oxygen atoms in total. The first kappa shape index (κ1) is 11.9. The molecule has 0 spiro atoms. The van der Waals surface area contributed by atoms with E-state index in [1.807, 2.05) is 25.1 Å². The van der Waals surface area contributed by atoms with Crippen molar-refractivity contribution in [1.29, 1.82) is 0 Å². The predicted molar refractivity (Wildman–Crippen MR) is 67.2 cm³/mol. The summed E-state index contributed by atoms with van der Waals surface area (Å²) < 4.78 is 5.13. The highest BCUT2D eigenvalue weighted by molar-refractivity contribution is 5.88. The summed E-state index contributed by atoms with van der Waals surface area (Å²) in [5.74, 6) is 0.217. The third kappa shape index (κ3) is 2.42. The molecule has 0 aromatic heterocycles. The minimum Gasteiger partial charge on any atom is -0.449 e. The third-order valence-electron chi connectivity index (χ3n) is 3.24. The highest BCUT2D eigenvalue weighted by Crippen LogP contribution is 2.23. The Labute approximate surface area is 101 Å². The van der Waals surface area contributed by atoms with Gasteiger partial charge in [0, 0.05) is 24.7 Å². The van der Waals surface area contributed by atoms with Crippen LogP contribution in [-0.4, -0.2) is 25.8 Å². The quantitative estimate of drug-likeness (QED) is 0.849. The number of nitrogens with zero attached hydrogens (tertiary/aromatic N) is 1. The summed E-state index contributed by atoms with van der Waals surface area (Å²) >= 11 is 0. The zero-order valence-electron chi connectivity index (χ0n) is 10.3. The SMILES string of the molecule is Cc1ccc(N2CC(CN)COC2=O)cc1C. The lowest BCUT2D eigenvalue weighted by Gasteiger charge is -2.31. The standard InChI is InChI=1S/C13H18N2O2/c1-9-3-4-12(5-10(9)2)15-7-11(6-14)8-17-13(15)16/h3-5,11H,6-8,14H2,1-2H3. The van der Waals surface area contributed by atoms with Crippen molar-refractivity contribution in [3.63, 3.8) is 0 Å². The van der Waals surface area contributed by atoms with E-state index >= 15 is 0 Å². The summed E-state index contributed by atoms with van der Waals surface area (Å²) in [6.07, 6.45) is -0.280. The number of ether oxygens (including phenoxy) is 1. The molecule has 1 aliphatic heterocycles. The topological polar surface area (TPSA) is 55.6 Å². The van der Waals surface area contributed by atoms with Crippen LogP contribution in [-0.2, 0) is 4.74 Å². The van der Waals surface area contributed by atoms with E-state index in [0.29, 0.717) is 19.7 Å². The Balaban J connectivity index is 2.24. The largest absolute Gasteiger partial charge is 0.449 e. The van der Waals surface area contributed by atoms with Crippen LogP contribution >= 0.6 is 0 Å². The van der Waals surface area contributed by atoms with E-state index in [9.17, 15) is 4.79 Å². The van der Waals surface area contributed by atoms with E-state index in [2.05, 4.69) is 6.92 Å². The van der Waals surface area contributed by atoms with Gasteiger partial charge >= 0.3 is 6.09 Å². The Morgan fingerprint density at radius 1 is 1.41 bits per heavy atom. The fourth-order valence-electron chi connectivity index (χ4n) is 1.90. The van der Waals surface area contributed by atoms with Crippen LogP contribution in [0.5, 0.6) is 0 Å². The monoisotopic (exact) mass is 234 g/mol. The van der Waals surface area contributed by atoms with E-state index in [-0.39, 0.29) is 12.0 Å². The zero-order chi connectivity index (χ0) is 12.4. The second kappa shape index (κ2) is 4.75. The number of aryl methyl sites for hydroxylation is 2. The average molecular weight is 234 g/mol. The number of cyclic esters (lactones) is 1. The molecule has 4 heteroatoms. The highest BCUT2D eigenvalue weighted by atomic mass is 16.6. The molecule has 1 atom stereocenters. The first-order valence-corrected chi connectivity index (χ1v) is 5.83. The summed E-state index contributed by atoms with van der Waals surface area (Å²) in [6, 6.07) is 5.97. The molecule has 1 aromatic carbocycles. The zero-order valence-corrected chi connectivity index (χ0v) is 10.3. The van der Waals surface area contributed by atoms with Gasteiger partial charge in [-0.15, -0.1) is 0 Å². The van der Waals surface area contributed by atoms with E-state index in [4.69, 9.17) is 10.5 Å². The Morgan fingerprint density at radius 3 is 2.82 bits per heavy atom. The van der Waals surface area contributed by atoms with Crippen LogP contribution in [0.2, 0.25) is 0 Å². The Hall–Kier alpha value is -1.55.